The van der Waals surface area contributed by atoms with Crippen molar-refractivity contribution >= 4 is 5.69 Å². The molecule has 2 N–H and O–H groups in total. The third kappa shape index (κ3) is 2.76. The fraction of sp³-hybridized carbons (Fsp3) is 0.250. The van der Waals surface area contributed by atoms with Crippen LogP contribution in [0.5, 0.6) is 5.75 Å². The molecule has 0 aliphatic rings. The number of hydrogen-bond donors (Lipinski definition) is 1. The summed E-state index contributed by atoms with van der Waals surface area (Å²) in [6.07, 6.45) is 4.71. The zero-order valence-corrected chi connectivity index (χ0v) is 9.26. The molecule has 0 aliphatic heterocycles. The maximum Gasteiger partial charge on any atom is 0.119 e. The van der Waals surface area contributed by atoms with Crippen LogP contribution in [0.15, 0.2) is 36.7 Å². The highest BCUT2D eigenvalue weighted by Gasteiger charge is 1.97. The molecule has 1 heterocycles. The normalized spacial score (nSPS) is 10.3. The predicted octanol–water partition coefficient (Wildman–Crippen LogP) is 1.62. The van der Waals surface area contributed by atoms with Crippen molar-refractivity contribution in [2.24, 2.45) is 7.05 Å². The van der Waals surface area contributed by atoms with Gasteiger partial charge in [-0.25, -0.2) is 0 Å². The van der Waals surface area contributed by atoms with Crippen molar-refractivity contribution in [1.29, 1.82) is 0 Å². The van der Waals surface area contributed by atoms with Crippen molar-refractivity contribution in [3.05, 3.63) is 42.2 Å². The molecular weight excluding hydrogens is 202 g/mol. The van der Waals surface area contributed by atoms with E-state index < -0.39 is 0 Å². The molecule has 0 unspecified atom stereocenters. The van der Waals surface area contributed by atoms with Gasteiger partial charge in [-0.3, -0.25) is 4.68 Å². The molecule has 0 saturated carbocycles. The first-order valence-electron chi connectivity index (χ1n) is 5.20. The topological polar surface area (TPSA) is 53.1 Å². The van der Waals surface area contributed by atoms with Crippen LogP contribution < -0.4 is 10.5 Å². The number of aromatic nitrogens is 2. The van der Waals surface area contributed by atoms with Gasteiger partial charge in [0.25, 0.3) is 0 Å². The number of benzene rings is 1. The number of rotatable bonds is 4. The third-order valence-corrected chi connectivity index (χ3v) is 2.30. The summed E-state index contributed by atoms with van der Waals surface area (Å²) in [7, 11) is 1.91. The molecule has 1 aromatic heterocycles. The van der Waals surface area contributed by atoms with Crippen molar-refractivity contribution in [1.82, 2.24) is 9.78 Å². The summed E-state index contributed by atoms with van der Waals surface area (Å²) in [6, 6.07) is 7.41. The average molecular weight is 217 g/mol. The van der Waals surface area contributed by atoms with Crippen LogP contribution in [-0.2, 0) is 13.5 Å². The Morgan fingerprint density at radius 3 is 2.69 bits per heavy atom. The number of nitrogens with two attached hydrogens (primary N) is 1. The average Bonchev–Trinajstić information content (AvgIpc) is 2.67. The van der Waals surface area contributed by atoms with Crippen molar-refractivity contribution < 1.29 is 4.74 Å². The van der Waals surface area contributed by atoms with E-state index in [1.54, 1.807) is 4.68 Å². The highest BCUT2D eigenvalue weighted by atomic mass is 16.5. The summed E-state index contributed by atoms with van der Waals surface area (Å²) in [5.41, 5.74) is 7.51. The second-order valence-electron chi connectivity index (χ2n) is 3.69. The zero-order valence-electron chi connectivity index (χ0n) is 9.26. The lowest BCUT2D eigenvalue weighted by Crippen LogP contribution is -2.00. The van der Waals surface area contributed by atoms with Crippen LogP contribution >= 0.6 is 0 Å². The van der Waals surface area contributed by atoms with Crippen LogP contribution in [0.3, 0.4) is 0 Å². The summed E-state index contributed by atoms with van der Waals surface area (Å²) in [4.78, 5) is 0. The number of aryl methyl sites for hydroxylation is 1. The molecule has 16 heavy (non-hydrogen) atoms. The first-order valence-corrected chi connectivity index (χ1v) is 5.20. The molecule has 0 amide bonds. The van der Waals surface area contributed by atoms with Crippen LogP contribution in [0.1, 0.15) is 5.56 Å². The van der Waals surface area contributed by atoms with Gasteiger partial charge < -0.3 is 10.5 Å². The van der Waals surface area contributed by atoms with Gasteiger partial charge in [-0.1, -0.05) is 0 Å². The molecule has 0 aliphatic carbocycles. The van der Waals surface area contributed by atoms with E-state index in [0.717, 1.165) is 17.9 Å². The summed E-state index contributed by atoms with van der Waals surface area (Å²) >= 11 is 0. The molecule has 84 valence electrons. The minimum atomic E-state index is 0.648. The molecule has 4 nitrogen and oxygen atoms in total. The second-order valence-corrected chi connectivity index (χ2v) is 3.69. The quantitative estimate of drug-likeness (QED) is 0.792. The molecule has 2 aromatic rings. The summed E-state index contributed by atoms with van der Waals surface area (Å²) < 4.78 is 7.37. The number of anilines is 1. The Morgan fingerprint density at radius 2 is 2.06 bits per heavy atom. The fourth-order valence-electron chi connectivity index (χ4n) is 1.45. The maximum atomic E-state index is 5.58. The molecule has 0 bridgehead atoms. The minimum absolute atomic E-state index is 0.648. The van der Waals surface area contributed by atoms with E-state index in [-0.39, 0.29) is 0 Å². The largest absolute Gasteiger partial charge is 0.493 e. The van der Waals surface area contributed by atoms with Crippen LogP contribution in [-0.4, -0.2) is 16.4 Å². The molecule has 0 radical (unpaired) electrons. The van der Waals surface area contributed by atoms with Crippen molar-refractivity contribution in [2.75, 3.05) is 12.3 Å². The number of ether oxygens (including phenoxy) is 1. The van der Waals surface area contributed by atoms with Crippen LogP contribution in [0.4, 0.5) is 5.69 Å². The van der Waals surface area contributed by atoms with Gasteiger partial charge in [-0.05, 0) is 29.8 Å². The van der Waals surface area contributed by atoms with E-state index in [1.165, 1.54) is 5.56 Å². The van der Waals surface area contributed by atoms with Gasteiger partial charge in [-0.2, -0.15) is 5.10 Å². The van der Waals surface area contributed by atoms with Crippen molar-refractivity contribution in [3.8, 4) is 5.75 Å². The number of hydrogen-bond acceptors (Lipinski definition) is 3. The molecule has 2 rings (SSSR count). The first-order chi connectivity index (χ1) is 7.74. The van der Waals surface area contributed by atoms with E-state index in [9.17, 15) is 0 Å². The molecule has 4 heteroatoms. The first kappa shape index (κ1) is 10.5. The molecule has 0 fully saturated rings. The lowest BCUT2D eigenvalue weighted by molar-refractivity contribution is 0.322. The Morgan fingerprint density at radius 1 is 1.31 bits per heavy atom. The van der Waals surface area contributed by atoms with Gasteiger partial charge in [0.05, 0.1) is 12.8 Å². The molecule has 0 atom stereocenters. The van der Waals surface area contributed by atoms with Crippen molar-refractivity contribution in [2.45, 2.75) is 6.42 Å². The summed E-state index contributed by atoms with van der Waals surface area (Å²) in [6.45, 7) is 0.648. The van der Waals surface area contributed by atoms with Gasteiger partial charge in [-0.15, -0.1) is 0 Å². The van der Waals surface area contributed by atoms with E-state index >= 15 is 0 Å². The van der Waals surface area contributed by atoms with Crippen LogP contribution in [0.2, 0.25) is 0 Å². The lowest BCUT2D eigenvalue weighted by atomic mass is 10.3. The smallest absolute Gasteiger partial charge is 0.119 e. The summed E-state index contributed by atoms with van der Waals surface area (Å²) in [5.74, 6) is 0.845. The second kappa shape index (κ2) is 4.70. The predicted molar refractivity (Wildman–Crippen MR) is 63.3 cm³/mol. The van der Waals surface area contributed by atoms with Crippen LogP contribution in [0, 0.1) is 0 Å². The molecule has 0 saturated heterocycles. The van der Waals surface area contributed by atoms with Crippen molar-refractivity contribution in [3.63, 3.8) is 0 Å². The van der Waals surface area contributed by atoms with E-state index in [4.69, 9.17) is 10.5 Å². The third-order valence-electron chi connectivity index (χ3n) is 2.30. The van der Waals surface area contributed by atoms with Gasteiger partial charge in [0.15, 0.2) is 0 Å². The van der Waals surface area contributed by atoms with Gasteiger partial charge in [0.1, 0.15) is 5.75 Å². The standard InChI is InChI=1S/C12H15N3O/c1-15-9-10(8-14-15)6-7-16-12-4-2-11(13)3-5-12/h2-5,8-9H,6-7,13H2,1H3. The number of nitrogens with zero attached hydrogens (tertiary/aromatic N) is 2. The Kier molecular flexibility index (Phi) is 3.10. The van der Waals surface area contributed by atoms with Gasteiger partial charge in [0, 0.05) is 25.4 Å². The maximum absolute atomic E-state index is 5.58. The molecular formula is C12H15N3O. The fourth-order valence-corrected chi connectivity index (χ4v) is 1.45. The zero-order chi connectivity index (χ0) is 11.4. The monoisotopic (exact) mass is 217 g/mol. The molecule has 0 spiro atoms. The SMILES string of the molecule is Cn1cc(CCOc2ccc(N)cc2)cn1. The highest BCUT2D eigenvalue weighted by Crippen LogP contribution is 2.13. The minimum Gasteiger partial charge on any atom is -0.493 e. The Balaban J connectivity index is 1.82. The van der Waals surface area contributed by atoms with Gasteiger partial charge >= 0.3 is 0 Å². The van der Waals surface area contributed by atoms with E-state index in [0.29, 0.717) is 6.61 Å². The number of nitrogen functional groups attached to an aromatic ring is 1. The Hall–Kier alpha value is -1.97. The van der Waals surface area contributed by atoms with E-state index in [1.807, 2.05) is 43.7 Å². The lowest BCUT2D eigenvalue weighted by Gasteiger charge is -2.04. The Labute approximate surface area is 94.6 Å². The molecule has 1 aromatic carbocycles. The van der Waals surface area contributed by atoms with Crippen LogP contribution in [0.25, 0.3) is 0 Å². The summed E-state index contributed by atoms with van der Waals surface area (Å²) in [5, 5.41) is 4.10. The van der Waals surface area contributed by atoms with Gasteiger partial charge in [0.2, 0.25) is 0 Å². The van der Waals surface area contributed by atoms with E-state index in [2.05, 4.69) is 5.10 Å². The highest BCUT2D eigenvalue weighted by molar-refractivity contribution is 5.41. The Bertz CT molecular complexity index is 448.